The molecule has 0 saturated carbocycles. The molecular weight excluding hydrogens is 911 g/mol. The van der Waals surface area contributed by atoms with Crippen molar-refractivity contribution in [1.29, 1.82) is 5.26 Å². The van der Waals surface area contributed by atoms with Gasteiger partial charge in [-0.05, 0) is 97.2 Å². The molecule has 0 bridgehead atoms. The van der Waals surface area contributed by atoms with E-state index in [4.69, 9.17) is 14.2 Å². The third kappa shape index (κ3) is 12.6. The fourth-order valence-electron chi connectivity index (χ4n) is 8.68. The number of methoxy groups -OCH3 is 1. The van der Waals surface area contributed by atoms with Crippen molar-refractivity contribution in [1.82, 2.24) is 38.7 Å². The fraction of sp³-hybridized carbons (Fsp3) is 0.521. The van der Waals surface area contributed by atoms with Crippen molar-refractivity contribution in [2.75, 3.05) is 46.4 Å². The average Bonchev–Trinajstić information content (AvgIpc) is 3.97. The van der Waals surface area contributed by atoms with Gasteiger partial charge in [-0.1, -0.05) is 24.3 Å². The summed E-state index contributed by atoms with van der Waals surface area (Å²) in [6, 6.07) is 12.7. The zero-order valence-electron chi connectivity index (χ0n) is 39.5. The number of nitrogens with zero attached hydrogens (tertiary/aromatic N) is 9. The first kappa shape index (κ1) is 52.3. The van der Waals surface area contributed by atoms with E-state index in [1.807, 2.05) is 38.5 Å². The van der Waals surface area contributed by atoms with Crippen LogP contribution >= 0.6 is 0 Å². The molecule has 2 aromatic heterocycles. The first-order chi connectivity index (χ1) is 31.2. The van der Waals surface area contributed by atoms with Crippen LogP contribution in [0.3, 0.4) is 0 Å². The van der Waals surface area contributed by atoms with Gasteiger partial charge in [-0.2, -0.15) is 5.26 Å². The molecule has 6 atom stereocenters. The van der Waals surface area contributed by atoms with Crippen molar-refractivity contribution in [2.45, 2.75) is 116 Å². The van der Waals surface area contributed by atoms with Gasteiger partial charge in [-0.15, -0.1) is 0 Å². The summed E-state index contributed by atoms with van der Waals surface area (Å²) in [6.45, 7) is 16.8. The van der Waals surface area contributed by atoms with Crippen molar-refractivity contribution in [2.24, 2.45) is 0 Å². The van der Waals surface area contributed by atoms with Crippen LogP contribution < -0.4 is 0 Å². The minimum Gasteiger partial charge on any atom is -0.468 e. The Hall–Kier alpha value is -5.70. The first-order valence-corrected chi connectivity index (χ1v) is 22.2. The van der Waals surface area contributed by atoms with Gasteiger partial charge < -0.3 is 33.1 Å². The summed E-state index contributed by atoms with van der Waals surface area (Å²) in [7, 11) is 1.27. The maximum absolute atomic E-state index is 13.4. The molecule has 3 fully saturated rings. The molecule has 0 N–H and O–H groups in total. The number of piperazine rings is 2. The number of rotatable bonds is 8. The monoisotopic (exact) mass is 973 g/mol. The molecule has 0 aliphatic carbocycles. The first-order valence-electron chi connectivity index (χ1n) is 22.2. The van der Waals surface area contributed by atoms with Crippen LogP contribution in [0.4, 0.5) is 18.4 Å². The van der Waals surface area contributed by atoms with Crippen LogP contribution in [0, 0.1) is 23.0 Å². The molecule has 4 unspecified atom stereocenters. The number of ether oxygens (including phenoxy) is 3. The van der Waals surface area contributed by atoms with Crippen LogP contribution in [0.25, 0.3) is 0 Å². The number of hydrogen-bond acceptors (Lipinski definition) is 12. The van der Waals surface area contributed by atoms with E-state index < -0.39 is 35.3 Å². The van der Waals surface area contributed by atoms with Gasteiger partial charge in [-0.25, -0.2) is 28.3 Å². The Morgan fingerprint density at radius 3 is 1.81 bits per heavy atom. The Morgan fingerprint density at radius 1 is 0.761 bits per heavy atom. The molecule has 16 nitrogen and oxygen atoms in total. The number of aromatic nitrogens is 4. The summed E-state index contributed by atoms with van der Waals surface area (Å²) in [5.74, 6) is -0.984. The number of nitriles is 1. The van der Waals surface area contributed by atoms with Gasteiger partial charge in [0.15, 0.2) is 5.78 Å². The summed E-state index contributed by atoms with van der Waals surface area (Å²) in [6.07, 6.45) is 7.13. The minimum atomic E-state index is -0.861. The molecule has 2 aromatic carbocycles. The molecular formula is C48H63F2N9NiO7. The van der Waals surface area contributed by atoms with E-state index in [9.17, 15) is 33.2 Å². The average molecular weight is 975 g/mol. The molecule has 2 amide bonds. The molecule has 366 valence electrons. The number of benzene rings is 2. The summed E-state index contributed by atoms with van der Waals surface area (Å²) in [5, 5.41) is 10.1. The van der Waals surface area contributed by atoms with Gasteiger partial charge in [0.25, 0.3) is 0 Å². The van der Waals surface area contributed by atoms with Gasteiger partial charge in [0.05, 0.1) is 74.1 Å². The molecule has 7 rings (SSSR count). The van der Waals surface area contributed by atoms with E-state index in [1.165, 1.54) is 36.3 Å². The number of imidazole rings is 2. The van der Waals surface area contributed by atoms with Crippen molar-refractivity contribution >= 4 is 23.9 Å². The zero-order valence-corrected chi connectivity index (χ0v) is 40.5. The third-order valence-electron chi connectivity index (χ3n) is 12.1. The van der Waals surface area contributed by atoms with Gasteiger partial charge in [0.1, 0.15) is 34.9 Å². The van der Waals surface area contributed by atoms with Gasteiger partial charge >= 0.3 is 18.2 Å². The molecule has 3 aliphatic rings. The number of amides is 2. The molecule has 0 spiro atoms. The molecule has 4 aromatic rings. The van der Waals surface area contributed by atoms with Crippen molar-refractivity contribution in [3.05, 3.63) is 108 Å². The Morgan fingerprint density at radius 2 is 1.27 bits per heavy atom. The number of piperidine rings is 1. The molecule has 3 aliphatic heterocycles. The predicted molar refractivity (Wildman–Crippen MR) is 241 cm³/mol. The van der Waals surface area contributed by atoms with Crippen molar-refractivity contribution < 1.29 is 60.1 Å². The van der Waals surface area contributed by atoms with Crippen LogP contribution in [-0.2, 0) is 40.3 Å². The SMILES string of the molecule is COC(=O)C1CN(C(=O)OC(C)(C)C)CCN1C(C#N)c1cncn1[C@H](C)c1ccc(F)cc1.C[C@H](c1ccc(F)cc1)n1cncc1C1CCC(=O)C2CN(C(=O)OC(C)(C)C)CCN21.[HH].[Ni]. The maximum Gasteiger partial charge on any atom is 0.410 e. The summed E-state index contributed by atoms with van der Waals surface area (Å²) in [4.78, 5) is 66.3. The van der Waals surface area contributed by atoms with Crippen LogP contribution in [0.1, 0.15) is 116 Å². The van der Waals surface area contributed by atoms with E-state index in [0.29, 0.717) is 38.2 Å². The van der Waals surface area contributed by atoms with E-state index in [-0.39, 0.29) is 85.2 Å². The number of carbonyl (C=O) groups is 4. The Bertz CT molecular complexity index is 2380. The molecule has 0 radical (unpaired) electrons. The minimum absolute atomic E-state index is 0. The Labute approximate surface area is 402 Å². The van der Waals surface area contributed by atoms with Crippen LogP contribution in [-0.4, -0.2) is 132 Å². The number of ketones is 1. The number of esters is 1. The van der Waals surface area contributed by atoms with Crippen LogP contribution in [0.15, 0.2) is 73.6 Å². The summed E-state index contributed by atoms with van der Waals surface area (Å²) < 4.78 is 46.6. The number of hydrogen-bond donors (Lipinski definition) is 0. The van der Waals surface area contributed by atoms with Crippen LogP contribution in [0.2, 0.25) is 0 Å². The van der Waals surface area contributed by atoms with E-state index in [2.05, 4.69) is 32.4 Å². The van der Waals surface area contributed by atoms with Gasteiger partial charge in [-0.3, -0.25) is 19.4 Å². The molecule has 3 saturated heterocycles. The topological polar surface area (TPSA) is 168 Å². The smallest absolute Gasteiger partial charge is 0.410 e. The predicted octanol–water partition coefficient (Wildman–Crippen LogP) is 7.49. The largest absolute Gasteiger partial charge is 0.468 e. The molecule has 5 heterocycles. The fourth-order valence-corrected chi connectivity index (χ4v) is 8.68. The molecule has 19 heteroatoms. The van der Waals surface area contributed by atoms with E-state index in [0.717, 1.165) is 16.8 Å². The van der Waals surface area contributed by atoms with E-state index in [1.54, 1.807) is 73.7 Å². The zero-order chi connectivity index (χ0) is 48.1. The van der Waals surface area contributed by atoms with Crippen molar-refractivity contribution in [3.63, 3.8) is 0 Å². The van der Waals surface area contributed by atoms with Gasteiger partial charge in [0, 0.05) is 63.3 Å². The quantitative estimate of drug-likeness (QED) is 0.0971. The Balaban J connectivity index is 0.000000288. The Kier molecular flexibility index (Phi) is 17.1. The number of carbonyl (C=O) groups excluding carboxylic acids is 4. The summed E-state index contributed by atoms with van der Waals surface area (Å²) in [5.41, 5.74) is 2.20. The second kappa shape index (κ2) is 21.9. The van der Waals surface area contributed by atoms with E-state index >= 15 is 0 Å². The molecule has 67 heavy (non-hydrogen) atoms. The number of fused-ring (bicyclic) bond motifs is 1. The second-order valence-corrected chi connectivity index (χ2v) is 18.8. The normalized spacial score (nSPS) is 20.4. The van der Waals surface area contributed by atoms with Crippen LogP contribution in [0.5, 0.6) is 0 Å². The number of Topliss-reactive ketones (excluding diaryl/α,β-unsaturated/α-hetero) is 1. The number of halogens is 2. The van der Waals surface area contributed by atoms with Gasteiger partial charge in [0.2, 0.25) is 0 Å². The second-order valence-electron chi connectivity index (χ2n) is 18.8. The van der Waals surface area contributed by atoms with Crippen molar-refractivity contribution in [3.8, 4) is 6.07 Å². The summed E-state index contributed by atoms with van der Waals surface area (Å²) >= 11 is 0. The standard InChI is InChI=1S/C24H30FN5O4.C24H31FN4O3.Ni.H2/c1-16(17-6-8-18(25)9-7-17)30-15-27-13-20(30)19(12-26)29-11-10-28(14-21(29)22(31)33-5)23(32)34-24(2,3)4;1-16(17-5-7-18(25)8-6-17)29-15-26-13-20(29)19-9-10-22(30)21-14-27(11-12-28(19)21)23(31)32-24(2,3)4;;/h6-9,13,15-16,19,21H,10-11,14H2,1-5H3;5-8,13,15-16,19,21H,9-12,14H2,1-4H3;;1H/t2*16-,19?,21?;;/m11../s1. The third-order valence-corrected chi connectivity index (χ3v) is 12.1. The maximum atomic E-state index is 13.4.